The Morgan fingerprint density at radius 2 is 2.16 bits per heavy atom. The van der Waals surface area contributed by atoms with Crippen molar-refractivity contribution in [3.8, 4) is 0 Å². The molecule has 1 aliphatic rings. The van der Waals surface area contributed by atoms with Gasteiger partial charge >= 0.3 is 0 Å². The lowest BCUT2D eigenvalue weighted by Crippen LogP contribution is -2.27. The molecule has 0 radical (unpaired) electrons. The molecule has 0 atom stereocenters. The highest BCUT2D eigenvalue weighted by Crippen LogP contribution is 2.34. The first-order valence-electron chi connectivity index (χ1n) is 6.05. The fourth-order valence-electron chi connectivity index (χ4n) is 2.01. The topological polar surface area (TPSA) is 55.3 Å². The number of anilines is 2. The summed E-state index contributed by atoms with van der Waals surface area (Å²) < 4.78 is 32.3. The molecule has 0 spiro atoms. The second kappa shape index (κ2) is 4.53. The Morgan fingerprint density at radius 3 is 2.79 bits per heavy atom. The normalized spacial score (nSPS) is 14.6. The van der Waals surface area contributed by atoms with Gasteiger partial charge in [-0.05, 0) is 25.0 Å². The van der Waals surface area contributed by atoms with Gasteiger partial charge < -0.3 is 15.1 Å². The predicted octanol–water partition coefficient (Wildman–Crippen LogP) is 2.70. The lowest BCUT2D eigenvalue weighted by molar-refractivity contribution is 0.495. The summed E-state index contributed by atoms with van der Waals surface area (Å²) in [5.41, 5.74) is 5.42. The number of furan rings is 1. The minimum Gasteiger partial charge on any atom is -0.467 e. The molecular weight excluding hydrogens is 252 g/mol. The zero-order chi connectivity index (χ0) is 13.4. The van der Waals surface area contributed by atoms with Crippen molar-refractivity contribution in [1.29, 1.82) is 0 Å². The largest absolute Gasteiger partial charge is 0.467 e. The van der Waals surface area contributed by atoms with Gasteiger partial charge in [0.15, 0.2) is 23.3 Å². The molecule has 0 aromatic carbocycles. The molecule has 2 N–H and O–H groups in total. The summed E-state index contributed by atoms with van der Waals surface area (Å²) in [5.74, 6) is -1.05. The third-order valence-corrected chi connectivity index (χ3v) is 3.10. The van der Waals surface area contributed by atoms with E-state index in [9.17, 15) is 8.78 Å². The van der Waals surface area contributed by atoms with Gasteiger partial charge in [0.2, 0.25) is 0 Å². The molecule has 2 aromatic heterocycles. The number of hydrogen-bond acceptors (Lipinski definition) is 4. The first-order chi connectivity index (χ1) is 9.15. The van der Waals surface area contributed by atoms with Gasteiger partial charge in [0.25, 0.3) is 0 Å². The molecular formula is C13H13F2N3O. The molecule has 6 heteroatoms. The molecule has 2 aromatic rings. The Bertz CT molecular complexity index is 582. The van der Waals surface area contributed by atoms with Crippen LogP contribution in [-0.4, -0.2) is 11.0 Å². The SMILES string of the molecule is Nc1nc(N(Cc2ccco2)C2CC2)c(F)cc1F. The molecule has 0 aliphatic heterocycles. The molecule has 1 fully saturated rings. The van der Waals surface area contributed by atoms with Gasteiger partial charge in [0, 0.05) is 12.1 Å². The highest BCUT2D eigenvalue weighted by molar-refractivity contribution is 5.49. The van der Waals surface area contributed by atoms with E-state index in [1.807, 2.05) is 0 Å². The highest BCUT2D eigenvalue weighted by Gasteiger charge is 2.32. The Balaban J connectivity index is 1.94. The monoisotopic (exact) mass is 265 g/mol. The van der Waals surface area contributed by atoms with Gasteiger partial charge in [-0.15, -0.1) is 0 Å². The Kier molecular flexibility index (Phi) is 2.85. The van der Waals surface area contributed by atoms with Gasteiger partial charge in [-0.1, -0.05) is 0 Å². The van der Waals surface area contributed by atoms with E-state index >= 15 is 0 Å². The highest BCUT2D eigenvalue weighted by atomic mass is 19.1. The third kappa shape index (κ3) is 2.38. The van der Waals surface area contributed by atoms with Gasteiger partial charge in [-0.25, -0.2) is 13.8 Å². The van der Waals surface area contributed by atoms with Crippen molar-refractivity contribution < 1.29 is 13.2 Å². The van der Waals surface area contributed by atoms with Crippen molar-refractivity contribution in [2.24, 2.45) is 0 Å². The average Bonchev–Trinajstić information content (AvgIpc) is 3.09. The molecule has 19 heavy (non-hydrogen) atoms. The smallest absolute Gasteiger partial charge is 0.168 e. The number of nitrogens with zero attached hydrogens (tertiary/aromatic N) is 2. The van der Waals surface area contributed by atoms with E-state index in [-0.39, 0.29) is 17.7 Å². The van der Waals surface area contributed by atoms with Crippen molar-refractivity contribution in [3.63, 3.8) is 0 Å². The molecule has 0 unspecified atom stereocenters. The van der Waals surface area contributed by atoms with Crippen LogP contribution in [0.15, 0.2) is 28.9 Å². The molecule has 2 heterocycles. The standard InChI is InChI=1S/C13H13F2N3O/c14-10-6-11(15)13(17-12(10)16)18(8-3-4-8)7-9-2-1-5-19-9/h1-2,5-6,8H,3-4,7H2,(H2,16,17). The summed E-state index contributed by atoms with van der Waals surface area (Å²) in [6.07, 6.45) is 3.47. The van der Waals surface area contributed by atoms with Crippen molar-refractivity contribution in [2.75, 3.05) is 10.6 Å². The second-order valence-corrected chi connectivity index (χ2v) is 4.60. The number of pyridine rings is 1. The van der Waals surface area contributed by atoms with Crippen LogP contribution in [0.1, 0.15) is 18.6 Å². The van der Waals surface area contributed by atoms with Gasteiger partial charge in [-0.2, -0.15) is 0 Å². The number of aromatic nitrogens is 1. The van der Waals surface area contributed by atoms with E-state index in [0.29, 0.717) is 12.3 Å². The van der Waals surface area contributed by atoms with E-state index in [4.69, 9.17) is 10.2 Å². The van der Waals surface area contributed by atoms with Crippen LogP contribution in [0.5, 0.6) is 0 Å². The van der Waals surface area contributed by atoms with Crippen molar-refractivity contribution in [2.45, 2.75) is 25.4 Å². The number of nitrogens with two attached hydrogens (primary N) is 1. The van der Waals surface area contributed by atoms with Crippen LogP contribution in [0.25, 0.3) is 0 Å². The minimum atomic E-state index is -0.838. The van der Waals surface area contributed by atoms with Crippen LogP contribution in [0.3, 0.4) is 0 Å². The summed E-state index contributed by atoms with van der Waals surface area (Å²) in [4.78, 5) is 5.59. The van der Waals surface area contributed by atoms with Gasteiger partial charge in [0.1, 0.15) is 5.76 Å². The second-order valence-electron chi connectivity index (χ2n) is 4.60. The zero-order valence-electron chi connectivity index (χ0n) is 10.1. The fourth-order valence-corrected chi connectivity index (χ4v) is 2.01. The predicted molar refractivity (Wildman–Crippen MR) is 66.5 cm³/mol. The summed E-state index contributed by atoms with van der Waals surface area (Å²) in [7, 11) is 0. The van der Waals surface area contributed by atoms with E-state index in [0.717, 1.165) is 18.9 Å². The number of halogens is 2. The van der Waals surface area contributed by atoms with Crippen LogP contribution >= 0.6 is 0 Å². The molecule has 0 amide bonds. The Labute approximate surface area is 108 Å². The fraction of sp³-hybridized carbons (Fsp3) is 0.308. The molecule has 0 saturated heterocycles. The van der Waals surface area contributed by atoms with E-state index in [2.05, 4.69) is 4.98 Å². The summed E-state index contributed by atoms with van der Waals surface area (Å²) in [6, 6.07) is 4.55. The zero-order valence-corrected chi connectivity index (χ0v) is 10.1. The maximum Gasteiger partial charge on any atom is 0.168 e. The van der Waals surface area contributed by atoms with Crippen molar-refractivity contribution in [3.05, 3.63) is 41.9 Å². The third-order valence-electron chi connectivity index (χ3n) is 3.10. The van der Waals surface area contributed by atoms with Gasteiger partial charge in [-0.3, -0.25) is 0 Å². The summed E-state index contributed by atoms with van der Waals surface area (Å²) >= 11 is 0. The molecule has 3 rings (SSSR count). The molecule has 1 aliphatic carbocycles. The number of nitrogen functional groups attached to an aromatic ring is 1. The number of hydrogen-bond donors (Lipinski definition) is 1. The first kappa shape index (κ1) is 12.0. The van der Waals surface area contributed by atoms with Gasteiger partial charge in [0.05, 0.1) is 12.8 Å². The molecule has 0 bridgehead atoms. The molecule has 4 nitrogen and oxygen atoms in total. The maximum atomic E-state index is 13.9. The van der Waals surface area contributed by atoms with E-state index in [1.165, 1.54) is 0 Å². The van der Waals surface area contributed by atoms with Crippen LogP contribution < -0.4 is 10.6 Å². The van der Waals surface area contributed by atoms with Crippen molar-refractivity contribution >= 4 is 11.6 Å². The van der Waals surface area contributed by atoms with Crippen molar-refractivity contribution in [1.82, 2.24) is 4.98 Å². The average molecular weight is 265 g/mol. The minimum absolute atomic E-state index is 0.0813. The van der Waals surface area contributed by atoms with Crippen LogP contribution in [0.4, 0.5) is 20.4 Å². The summed E-state index contributed by atoms with van der Waals surface area (Å²) in [5, 5.41) is 0. The van der Waals surface area contributed by atoms with Crippen LogP contribution in [0.2, 0.25) is 0 Å². The van der Waals surface area contributed by atoms with Crippen LogP contribution in [-0.2, 0) is 6.54 Å². The molecule has 1 saturated carbocycles. The maximum absolute atomic E-state index is 13.9. The van der Waals surface area contributed by atoms with Crippen LogP contribution in [0, 0.1) is 11.6 Å². The summed E-state index contributed by atoms with van der Waals surface area (Å²) in [6.45, 7) is 0.395. The van der Waals surface area contributed by atoms with E-state index in [1.54, 1.807) is 23.3 Å². The lowest BCUT2D eigenvalue weighted by Gasteiger charge is -2.23. The Morgan fingerprint density at radius 1 is 1.37 bits per heavy atom. The lowest BCUT2D eigenvalue weighted by atomic mass is 10.3. The number of rotatable bonds is 4. The first-order valence-corrected chi connectivity index (χ1v) is 6.05. The quantitative estimate of drug-likeness (QED) is 0.923. The van der Waals surface area contributed by atoms with E-state index < -0.39 is 11.6 Å². The molecule has 100 valence electrons. The Hall–Kier alpha value is -2.11.